The highest BCUT2D eigenvalue weighted by Gasteiger charge is 2.25. The van der Waals surface area contributed by atoms with Crippen molar-refractivity contribution in [2.24, 2.45) is 49.3 Å². The average Bonchev–Trinajstić information content (AvgIpc) is 2.27. The van der Waals surface area contributed by atoms with Gasteiger partial charge < -0.3 is 95.1 Å². The summed E-state index contributed by atoms with van der Waals surface area (Å²) in [6.45, 7) is 1.60. The fraction of sp³-hybridized carbons (Fsp3) is 0.304. The van der Waals surface area contributed by atoms with Gasteiger partial charge in [0.15, 0.2) is 23.2 Å². The summed E-state index contributed by atoms with van der Waals surface area (Å²) in [4.78, 5) is 145. The van der Waals surface area contributed by atoms with Crippen molar-refractivity contribution in [3.63, 3.8) is 0 Å². The maximum absolute atomic E-state index is 13.5. The first-order valence-electron chi connectivity index (χ1n) is 27.5. The smallest absolute Gasteiger partial charge is 0.292 e. The molecule has 468 valence electrons. The van der Waals surface area contributed by atoms with Crippen LogP contribution in [0.25, 0.3) is 0 Å². The molecule has 0 aliphatic rings. The van der Waals surface area contributed by atoms with Crippen LogP contribution in [0.5, 0.6) is 5.75 Å². The summed E-state index contributed by atoms with van der Waals surface area (Å²) >= 11 is 0.859. The first-order valence-corrected chi connectivity index (χ1v) is 28.4. The van der Waals surface area contributed by atoms with Crippen LogP contribution < -0.4 is 53.2 Å². The molecule has 33 heteroatoms. The van der Waals surface area contributed by atoms with Crippen molar-refractivity contribution >= 4 is 110 Å². The number of hydrogen-bond donors (Lipinski definition) is 11. The lowest BCUT2D eigenvalue weighted by molar-refractivity contribution is -0.121. The van der Waals surface area contributed by atoms with E-state index < -0.39 is 58.9 Å². The third-order valence-corrected chi connectivity index (χ3v) is 14.5. The maximum atomic E-state index is 13.5. The molecule has 89 heavy (non-hydrogen) atoms. The summed E-state index contributed by atoms with van der Waals surface area (Å²) in [5.41, 5.74) is 1.87. The number of aromatic nitrogens is 10. The van der Waals surface area contributed by atoms with Crippen LogP contribution in [0.1, 0.15) is 109 Å². The molecular weight excluding hydrogens is 1170 g/mol. The van der Waals surface area contributed by atoms with E-state index in [9.17, 15) is 53.1 Å². The molecule has 8 aromatic heterocycles. The van der Waals surface area contributed by atoms with Crippen LogP contribution in [0.15, 0.2) is 79.2 Å². The topological polar surface area (TPSA) is 388 Å². The molecule has 0 unspecified atom stereocenters. The van der Waals surface area contributed by atoms with E-state index in [1.807, 2.05) is 19.0 Å². The molecule has 8 heterocycles. The Kier molecular flexibility index (Phi) is 20.1. The molecular formula is C56H67N21O11S. The van der Waals surface area contributed by atoms with Crippen molar-refractivity contribution in [1.82, 2.24) is 67.8 Å². The fourth-order valence-electron chi connectivity index (χ4n) is 9.05. The van der Waals surface area contributed by atoms with Crippen LogP contribution in [0.3, 0.4) is 0 Å². The standard InChI is InChI=1S/C56H67N21O11S/c1-70(2)18-11-15-57-42(78)13-16-60-50(82)37-20-31(24-72(37)4)61-51(83)38-22-32(25-74(38)6)62-52(84)39-23-34(27-75(39)7)64-55(87)47-67-40(28-76(47)8)66-43(79)12-10-14-59-49(81)36-21-33(26-73(36)5)63-53(85)45-44(80)35(30-89-45)65-56(88)48-68-41(29-77(48)9)69-54(86)46-58-17-19-71(46)3/h17,19-30,80H,10-16,18H2,1-9H3,(H,57,78)(H,59,81)(H,60,82)(H,61,83)(H,62,84)(H,63,85)(H,64,87)(H,65,88)(H,66,79)(H,69,86). The largest absolute Gasteiger partial charge is 0.504 e. The summed E-state index contributed by atoms with van der Waals surface area (Å²) < 4.78 is 10.3. The van der Waals surface area contributed by atoms with Gasteiger partial charge >= 0.3 is 0 Å². The summed E-state index contributed by atoms with van der Waals surface area (Å²) in [7, 11) is 15.1. The van der Waals surface area contributed by atoms with E-state index in [2.05, 4.69) is 68.1 Å². The molecule has 0 radical (unpaired) electrons. The normalized spacial score (nSPS) is 11.0. The number of hydrogen-bond acceptors (Lipinski definition) is 16. The number of nitrogens with zero attached hydrogens (tertiary/aromatic N) is 11. The number of aryl methyl sites for hydroxylation is 7. The van der Waals surface area contributed by atoms with Crippen molar-refractivity contribution in [3.8, 4) is 5.75 Å². The number of imidazole rings is 3. The Morgan fingerprint density at radius 3 is 1.42 bits per heavy atom. The summed E-state index contributed by atoms with van der Waals surface area (Å²) in [6.07, 6.45) is 13.2. The number of carbonyl (C=O) groups is 10. The van der Waals surface area contributed by atoms with E-state index in [4.69, 9.17) is 0 Å². The minimum Gasteiger partial charge on any atom is -0.504 e. The van der Waals surface area contributed by atoms with Crippen LogP contribution >= 0.6 is 11.3 Å². The first-order chi connectivity index (χ1) is 42.3. The van der Waals surface area contributed by atoms with Gasteiger partial charge in [-0.25, -0.2) is 15.0 Å². The third kappa shape index (κ3) is 16.1. The summed E-state index contributed by atoms with van der Waals surface area (Å²) in [5.74, 6) is -5.59. The molecule has 0 saturated carbocycles. The maximum Gasteiger partial charge on any atom is 0.292 e. The molecule has 10 amide bonds. The second kappa shape index (κ2) is 28.0. The van der Waals surface area contributed by atoms with E-state index in [1.165, 1.54) is 95.1 Å². The van der Waals surface area contributed by atoms with Gasteiger partial charge in [0.25, 0.3) is 47.3 Å². The van der Waals surface area contributed by atoms with E-state index >= 15 is 0 Å². The highest BCUT2D eigenvalue weighted by atomic mass is 32.1. The predicted octanol–water partition coefficient (Wildman–Crippen LogP) is 2.86. The first kappa shape index (κ1) is 63.9. The van der Waals surface area contributed by atoms with Gasteiger partial charge in [-0.15, -0.1) is 11.3 Å². The molecule has 0 atom stereocenters. The molecule has 0 spiro atoms. The zero-order valence-electron chi connectivity index (χ0n) is 50.0. The Bertz CT molecular complexity index is 4030. The van der Waals surface area contributed by atoms with Gasteiger partial charge in [0, 0.05) is 137 Å². The van der Waals surface area contributed by atoms with Gasteiger partial charge in [-0.1, -0.05) is 0 Å². The quantitative estimate of drug-likeness (QED) is 0.0347. The second-order valence-electron chi connectivity index (χ2n) is 20.9. The lowest BCUT2D eigenvalue weighted by atomic mass is 10.3. The summed E-state index contributed by atoms with van der Waals surface area (Å²) in [6, 6.07) is 5.86. The van der Waals surface area contributed by atoms with E-state index in [1.54, 1.807) is 65.4 Å². The van der Waals surface area contributed by atoms with E-state index in [0.717, 1.165) is 24.3 Å². The Balaban J connectivity index is 0.748. The zero-order valence-corrected chi connectivity index (χ0v) is 50.8. The molecule has 0 bridgehead atoms. The Morgan fingerprint density at radius 2 is 0.910 bits per heavy atom. The van der Waals surface area contributed by atoms with Crippen LogP contribution in [0.2, 0.25) is 0 Å². The van der Waals surface area contributed by atoms with Crippen LogP contribution in [-0.2, 0) is 58.9 Å². The average molecular weight is 1240 g/mol. The predicted molar refractivity (Wildman–Crippen MR) is 328 cm³/mol. The Labute approximate surface area is 512 Å². The number of nitrogens with one attached hydrogen (secondary N) is 10. The Hall–Kier alpha value is -11.1. The minimum atomic E-state index is -0.731. The molecule has 8 rings (SSSR count). The van der Waals surface area contributed by atoms with Crippen molar-refractivity contribution < 1.29 is 53.1 Å². The van der Waals surface area contributed by atoms with Gasteiger partial charge in [0.05, 0.1) is 28.4 Å². The van der Waals surface area contributed by atoms with E-state index in [0.29, 0.717) is 17.9 Å². The van der Waals surface area contributed by atoms with Gasteiger partial charge in [0.1, 0.15) is 27.7 Å². The van der Waals surface area contributed by atoms with Gasteiger partial charge in [-0.2, -0.15) is 0 Å². The molecule has 0 aromatic carbocycles. The lowest BCUT2D eigenvalue weighted by Crippen LogP contribution is -2.32. The van der Waals surface area contributed by atoms with Crippen molar-refractivity contribution in [2.45, 2.75) is 25.7 Å². The number of rotatable bonds is 26. The minimum absolute atomic E-state index is 0.0293. The van der Waals surface area contributed by atoms with E-state index in [-0.39, 0.29) is 112 Å². The SMILES string of the molecule is CN(C)CCCNC(=O)CCNC(=O)c1cc(NC(=O)c2cc(NC(=O)c3cc(NC(=O)c4nc(NC(=O)CCCNC(=O)c5cc(NC(=O)c6scc(NC(=O)c7nc(NC(=O)c8nccn8C)cn7C)c6O)cn5C)cn4C)cn3C)cn2C)cn1C. The molecule has 8 aromatic rings. The molecule has 0 fully saturated rings. The number of thiophene rings is 1. The van der Waals surface area contributed by atoms with Crippen molar-refractivity contribution in [1.29, 1.82) is 0 Å². The molecule has 0 aliphatic heterocycles. The zero-order chi connectivity index (χ0) is 64.4. The highest BCUT2D eigenvalue weighted by molar-refractivity contribution is 7.13. The van der Waals surface area contributed by atoms with Gasteiger partial charge in [-0.05, 0) is 57.7 Å². The van der Waals surface area contributed by atoms with Crippen LogP contribution in [-0.4, -0.2) is 156 Å². The number of amides is 10. The second-order valence-corrected chi connectivity index (χ2v) is 21.7. The van der Waals surface area contributed by atoms with Crippen molar-refractivity contribution in [2.75, 3.05) is 77.5 Å². The van der Waals surface area contributed by atoms with Crippen LogP contribution in [0, 0.1) is 0 Å². The lowest BCUT2D eigenvalue weighted by Gasteiger charge is -2.10. The number of carbonyl (C=O) groups excluding carboxylic acids is 10. The molecule has 0 aliphatic carbocycles. The van der Waals surface area contributed by atoms with Crippen molar-refractivity contribution in [3.05, 3.63) is 124 Å². The summed E-state index contributed by atoms with van der Waals surface area (Å²) in [5, 5.41) is 39.2. The molecule has 11 N–H and O–H groups in total. The van der Waals surface area contributed by atoms with Gasteiger partial charge in [0.2, 0.25) is 23.5 Å². The Morgan fingerprint density at radius 1 is 0.461 bits per heavy atom. The van der Waals surface area contributed by atoms with Crippen LogP contribution in [0.4, 0.5) is 40.1 Å². The van der Waals surface area contributed by atoms with Gasteiger partial charge in [-0.3, -0.25) is 47.9 Å². The highest BCUT2D eigenvalue weighted by Crippen LogP contribution is 2.35. The monoisotopic (exact) mass is 1240 g/mol. The third-order valence-electron chi connectivity index (χ3n) is 13.5. The number of aromatic hydroxyl groups is 1. The molecule has 0 saturated heterocycles. The molecule has 32 nitrogen and oxygen atoms in total. The number of anilines is 7. The fourth-order valence-corrected chi connectivity index (χ4v) is 9.84.